The first-order valence-electron chi connectivity index (χ1n) is 17.9. The molecule has 5 rings (SSSR count). The maximum Gasteiger partial charge on any atom is 0.323 e. The summed E-state index contributed by atoms with van der Waals surface area (Å²) >= 11 is 6.76. The molecule has 0 aliphatic carbocycles. The number of carboxylic acids is 1. The van der Waals surface area contributed by atoms with E-state index in [-0.39, 0.29) is 32.4 Å². The number of aliphatic carboxylic acids is 1. The third-order valence-electron chi connectivity index (χ3n) is 9.16. The van der Waals surface area contributed by atoms with Crippen molar-refractivity contribution in [3.63, 3.8) is 0 Å². The minimum Gasteiger partial charge on any atom is -0.492 e. The van der Waals surface area contributed by atoms with Crippen molar-refractivity contribution in [3.05, 3.63) is 130 Å². The second-order valence-electron chi connectivity index (χ2n) is 13.1. The highest BCUT2D eigenvalue weighted by molar-refractivity contribution is 6.31. The van der Waals surface area contributed by atoms with Gasteiger partial charge in [-0.05, 0) is 90.6 Å². The summed E-state index contributed by atoms with van der Waals surface area (Å²) in [6.45, 7) is 6.96. The minimum absolute atomic E-state index is 0.0245. The first-order chi connectivity index (χ1) is 26.6. The Morgan fingerprint density at radius 1 is 0.836 bits per heavy atom. The maximum atomic E-state index is 11.5. The lowest BCUT2D eigenvalue weighted by molar-refractivity contribution is -0.140. The van der Waals surface area contributed by atoms with Crippen LogP contribution in [0.4, 0.5) is 0 Å². The Bertz CT molecular complexity index is 2120. The third-order valence-corrected chi connectivity index (χ3v) is 9.51. The maximum absolute atomic E-state index is 11.5. The van der Waals surface area contributed by atoms with Gasteiger partial charge >= 0.3 is 5.97 Å². The van der Waals surface area contributed by atoms with Gasteiger partial charge in [0.2, 0.25) is 0 Å². The number of nitrogens with one attached hydrogen (secondary N) is 2. The first kappa shape index (κ1) is 40.7. The van der Waals surface area contributed by atoms with Crippen molar-refractivity contribution in [1.29, 1.82) is 5.26 Å². The number of hydrogen-bond donors (Lipinski definition) is 5. The Labute approximate surface area is 326 Å². The minimum atomic E-state index is -1.19. The number of nitrogens with zero attached hydrogens (tertiary/aromatic N) is 2. The number of aliphatic hydroxyl groups is 2. The molecule has 0 amide bonds. The fraction of sp³-hybridized carbons (Fsp3) is 0.279. The van der Waals surface area contributed by atoms with E-state index in [0.29, 0.717) is 51.9 Å². The van der Waals surface area contributed by atoms with Crippen molar-refractivity contribution in [2.75, 3.05) is 26.4 Å². The topological polar surface area (TPSA) is 166 Å². The summed E-state index contributed by atoms with van der Waals surface area (Å²) in [6, 6.07) is 26.3. The monoisotopic (exact) mass is 764 g/mol. The van der Waals surface area contributed by atoms with Gasteiger partial charge in [-0.3, -0.25) is 15.1 Å². The van der Waals surface area contributed by atoms with E-state index < -0.39 is 18.6 Å². The molecule has 0 aliphatic heterocycles. The number of halogens is 1. The lowest BCUT2D eigenvalue weighted by Crippen LogP contribution is -2.39. The molecule has 5 aromatic rings. The van der Waals surface area contributed by atoms with Crippen LogP contribution in [0.2, 0.25) is 5.02 Å². The van der Waals surface area contributed by atoms with Crippen molar-refractivity contribution in [1.82, 2.24) is 15.6 Å². The van der Waals surface area contributed by atoms with Gasteiger partial charge in [0.25, 0.3) is 0 Å². The van der Waals surface area contributed by atoms with Crippen molar-refractivity contribution < 1.29 is 34.3 Å². The normalized spacial score (nSPS) is 12.1. The second kappa shape index (κ2) is 19.7. The molecule has 0 bridgehead atoms. The highest BCUT2D eigenvalue weighted by Gasteiger charge is 2.19. The quantitative estimate of drug-likeness (QED) is 0.0575. The molecule has 12 heteroatoms. The van der Waals surface area contributed by atoms with Crippen LogP contribution in [0.5, 0.6) is 17.2 Å². The van der Waals surface area contributed by atoms with E-state index in [4.69, 9.17) is 25.8 Å². The fourth-order valence-electron chi connectivity index (χ4n) is 6.00. The molecule has 5 N–H and O–H groups in total. The Morgan fingerprint density at radius 3 is 2.25 bits per heavy atom. The number of ether oxygens (including phenoxy) is 3. The van der Waals surface area contributed by atoms with E-state index >= 15 is 0 Å². The van der Waals surface area contributed by atoms with Crippen LogP contribution < -0.4 is 24.8 Å². The molecule has 286 valence electrons. The summed E-state index contributed by atoms with van der Waals surface area (Å²) in [5, 5.41) is 43.8. The van der Waals surface area contributed by atoms with Gasteiger partial charge in [-0.1, -0.05) is 54.1 Å². The molecule has 2 unspecified atom stereocenters. The fourth-order valence-corrected chi connectivity index (χ4v) is 6.24. The Hall–Kier alpha value is -5.48. The summed E-state index contributed by atoms with van der Waals surface area (Å²) in [5.41, 5.74) is 8.65. The second-order valence-corrected chi connectivity index (χ2v) is 13.5. The molecule has 0 radical (unpaired) electrons. The van der Waals surface area contributed by atoms with E-state index in [0.717, 1.165) is 39.1 Å². The smallest absolute Gasteiger partial charge is 0.323 e. The van der Waals surface area contributed by atoms with Crippen molar-refractivity contribution in [2.45, 2.75) is 52.6 Å². The molecule has 55 heavy (non-hydrogen) atoms. The van der Waals surface area contributed by atoms with Gasteiger partial charge in [0, 0.05) is 53.2 Å². The van der Waals surface area contributed by atoms with Crippen molar-refractivity contribution >= 4 is 17.6 Å². The molecule has 2 atom stereocenters. The van der Waals surface area contributed by atoms with Crippen LogP contribution in [0.25, 0.3) is 22.3 Å². The highest BCUT2D eigenvalue weighted by Crippen LogP contribution is 2.37. The van der Waals surface area contributed by atoms with Crippen LogP contribution in [-0.4, -0.2) is 64.7 Å². The summed E-state index contributed by atoms with van der Waals surface area (Å²) in [4.78, 5) is 15.6. The van der Waals surface area contributed by atoms with Gasteiger partial charge in [-0.15, -0.1) is 0 Å². The number of carboxylic acid groups (broad SMARTS) is 1. The zero-order valence-electron chi connectivity index (χ0n) is 31.0. The van der Waals surface area contributed by atoms with E-state index in [1.165, 1.54) is 6.20 Å². The number of pyridine rings is 1. The predicted octanol–water partition coefficient (Wildman–Crippen LogP) is 6.60. The largest absolute Gasteiger partial charge is 0.492 e. The summed E-state index contributed by atoms with van der Waals surface area (Å²) in [5.74, 6) is 0.706. The number of benzene rings is 4. The number of nitriles is 1. The molecular weight excluding hydrogens is 720 g/mol. The number of aromatic nitrogens is 1. The Balaban J connectivity index is 1.34. The van der Waals surface area contributed by atoms with Crippen LogP contribution >= 0.6 is 11.6 Å². The lowest BCUT2D eigenvalue weighted by Gasteiger charge is -2.19. The zero-order valence-corrected chi connectivity index (χ0v) is 31.8. The van der Waals surface area contributed by atoms with E-state index in [1.807, 2.05) is 44.2 Å². The predicted molar refractivity (Wildman–Crippen MR) is 211 cm³/mol. The van der Waals surface area contributed by atoms with Gasteiger partial charge in [-0.25, -0.2) is 0 Å². The van der Waals surface area contributed by atoms with E-state index in [1.54, 1.807) is 24.4 Å². The average molecular weight is 765 g/mol. The molecule has 0 saturated heterocycles. The molecule has 0 spiro atoms. The van der Waals surface area contributed by atoms with Crippen LogP contribution in [0.15, 0.2) is 91.3 Å². The third kappa shape index (κ3) is 10.8. The van der Waals surface area contributed by atoms with Crippen LogP contribution in [0, 0.1) is 25.2 Å². The number of aliphatic hydroxyl groups excluding tert-OH is 2. The van der Waals surface area contributed by atoms with E-state index in [9.17, 15) is 25.4 Å². The van der Waals surface area contributed by atoms with Crippen LogP contribution in [0.3, 0.4) is 0 Å². The van der Waals surface area contributed by atoms with Gasteiger partial charge in [-0.2, -0.15) is 5.26 Å². The number of rotatable bonds is 19. The van der Waals surface area contributed by atoms with Gasteiger partial charge < -0.3 is 34.8 Å². The summed E-state index contributed by atoms with van der Waals surface area (Å²) in [7, 11) is 0. The number of carbonyl (C=O) groups is 1. The first-order valence-corrected chi connectivity index (χ1v) is 18.2. The SMILES string of the molecule is Cc1c(OCc2cc(OCc3cncc(C#N)c3)c(CNC(CO)C(=O)O)cc2Cl)cccc1-c1cccc(-c2ccc(OCCNC(C)CO)cc2)c1C. The molecular formula is C43H45ClN4O7. The van der Waals surface area contributed by atoms with Gasteiger partial charge in [0.15, 0.2) is 0 Å². The molecule has 0 fully saturated rings. The van der Waals surface area contributed by atoms with E-state index in [2.05, 4.69) is 58.9 Å². The zero-order chi connectivity index (χ0) is 39.3. The van der Waals surface area contributed by atoms with Crippen LogP contribution in [0.1, 0.15) is 40.3 Å². The molecule has 4 aromatic carbocycles. The Morgan fingerprint density at radius 2 is 1.55 bits per heavy atom. The molecule has 1 aromatic heterocycles. The van der Waals surface area contributed by atoms with Crippen molar-refractivity contribution in [3.8, 4) is 45.6 Å². The highest BCUT2D eigenvalue weighted by atomic mass is 35.5. The van der Waals surface area contributed by atoms with Crippen LogP contribution in [-0.2, 0) is 24.6 Å². The van der Waals surface area contributed by atoms with Gasteiger partial charge in [0.05, 0.1) is 18.8 Å². The average Bonchev–Trinajstić information content (AvgIpc) is 3.19. The summed E-state index contributed by atoms with van der Waals surface area (Å²) in [6.07, 6.45) is 3.07. The lowest BCUT2D eigenvalue weighted by atomic mass is 9.90. The van der Waals surface area contributed by atoms with Crippen molar-refractivity contribution in [2.24, 2.45) is 0 Å². The standard InChI is InChI=1S/C43H45ClN4O7/c1-27(23-49)47-14-15-53-35-12-10-32(11-13-35)36-6-4-7-37(28(36)2)38-8-5-9-41(29(38)3)55-26-34-18-42(54-25-31-16-30(19-45)20-46-21-31)33(17-39(34)44)22-48-40(24-50)43(51)52/h4-13,16-18,20-21,27,40,47-50H,14-15,22-26H2,1-3H3,(H,51,52). The Kier molecular flexibility index (Phi) is 14.6. The molecule has 1 heterocycles. The summed E-state index contributed by atoms with van der Waals surface area (Å²) < 4.78 is 18.4. The van der Waals surface area contributed by atoms with Gasteiger partial charge in [0.1, 0.15) is 49.2 Å². The number of hydrogen-bond acceptors (Lipinski definition) is 10. The molecule has 0 saturated carbocycles. The molecule has 11 nitrogen and oxygen atoms in total. The molecule has 0 aliphatic rings.